The van der Waals surface area contributed by atoms with Gasteiger partial charge in [-0.05, 0) is 12.8 Å². The molecule has 0 saturated carbocycles. The van der Waals surface area contributed by atoms with Crippen LogP contribution in [0.3, 0.4) is 0 Å². The second-order valence-electron chi connectivity index (χ2n) is 7.94. The molecular formula is C23H44NNaO5. The molecule has 0 rings (SSSR count). The van der Waals surface area contributed by atoms with Crippen molar-refractivity contribution in [1.82, 2.24) is 4.90 Å². The van der Waals surface area contributed by atoms with E-state index in [1.165, 1.54) is 38.5 Å². The van der Waals surface area contributed by atoms with Crippen LogP contribution in [0.4, 0.5) is 0 Å². The Bertz CT molecular complexity index is 435. The van der Waals surface area contributed by atoms with Crippen LogP contribution < -0.4 is 29.6 Å². The maximum atomic E-state index is 12.6. The minimum atomic E-state index is -1.48. The molecule has 2 N–H and O–H groups in total. The summed E-state index contributed by atoms with van der Waals surface area (Å²) < 4.78 is 0. The fourth-order valence-electron chi connectivity index (χ4n) is 3.46. The molecule has 0 fully saturated rings. The van der Waals surface area contributed by atoms with Crippen LogP contribution in [0.25, 0.3) is 0 Å². The van der Waals surface area contributed by atoms with E-state index in [-0.39, 0.29) is 43.8 Å². The van der Waals surface area contributed by atoms with E-state index in [1.54, 1.807) is 0 Å². The molecule has 1 atom stereocenters. The molecule has 0 saturated heterocycles. The van der Waals surface area contributed by atoms with Gasteiger partial charge in [0.05, 0.1) is 6.61 Å². The number of carbonyl (C=O) groups excluding carboxylic acids is 2. The van der Waals surface area contributed by atoms with Crippen LogP contribution in [0.15, 0.2) is 0 Å². The molecule has 0 radical (unpaired) electrons. The van der Waals surface area contributed by atoms with Gasteiger partial charge in [0.15, 0.2) is 6.04 Å². The van der Waals surface area contributed by atoms with Gasteiger partial charge in [-0.25, -0.2) is 4.79 Å². The number of carbonyl (C=O) groups is 3. The number of amides is 2. The van der Waals surface area contributed by atoms with Crippen molar-refractivity contribution >= 4 is 17.8 Å². The van der Waals surface area contributed by atoms with E-state index in [9.17, 15) is 24.6 Å². The minimum Gasteiger partial charge on any atom is -1.00 e. The maximum Gasteiger partial charge on any atom is 1.00 e. The maximum absolute atomic E-state index is 12.6. The zero-order valence-corrected chi connectivity index (χ0v) is 21.7. The van der Waals surface area contributed by atoms with Gasteiger partial charge in [-0.15, -0.1) is 0 Å². The Morgan fingerprint density at radius 3 is 1.33 bits per heavy atom. The number of hydrogen-bond acceptors (Lipinski definition) is 4. The number of unbranched alkanes of at least 4 members (excludes halogenated alkanes) is 12. The van der Waals surface area contributed by atoms with Gasteiger partial charge in [0.2, 0.25) is 11.8 Å². The number of carboxylic acid groups (broad SMARTS) is 1. The molecule has 0 aliphatic carbocycles. The fraction of sp³-hybridized carbons (Fsp3) is 0.870. The number of rotatable bonds is 19. The Kier molecular flexibility index (Phi) is 23.1. The fourth-order valence-corrected chi connectivity index (χ4v) is 3.46. The predicted molar refractivity (Wildman–Crippen MR) is 117 cm³/mol. The topological polar surface area (TPSA) is 94.9 Å². The molecule has 0 aliphatic rings. The summed E-state index contributed by atoms with van der Waals surface area (Å²) in [6, 6.07) is -1.48. The summed E-state index contributed by atoms with van der Waals surface area (Å²) in [6.07, 6.45) is 14.9. The third-order valence-corrected chi connectivity index (χ3v) is 5.30. The minimum absolute atomic E-state index is 0. The zero-order valence-electron chi connectivity index (χ0n) is 20.7. The summed E-state index contributed by atoms with van der Waals surface area (Å²) in [7, 11) is 0. The third-order valence-electron chi connectivity index (χ3n) is 5.30. The quantitative estimate of drug-likeness (QED) is 0.239. The summed E-state index contributed by atoms with van der Waals surface area (Å²) >= 11 is 0. The number of aliphatic carboxylic acids is 1. The van der Waals surface area contributed by atoms with Crippen LogP contribution in [0.2, 0.25) is 0 Å². The van der Waals surface area contributed by atoms with Crippen LogP contribution in [0.1, 0.15) is 118 Å². The average molecular weight is 438 g/mol. The second kappa shape index (κ2) is 21.8. The van der Waals surface area contributed by atoms with E-state index in [4.69, 9.17) is 0 Å². The Morgan fingerprint density at radius 1 is 0.700 bits per heavy atom. The van der Waals surface area contributed by atoms with Crippen molar-refractivity contribution in [3.8, 4) is 0 Å². The van der Waals surface area contributed by atoms with Gasteiger partial charge in [0, 0.05) is 12.8 Å². The predicted octanol–water partition coefficient (Wildman–Crippen LogP) is 2.19. The molecule has 172 valence electrons. The Hall–Kier alpha value is -0.430. The molecule has 0 spiro atoms. The van der Waals surface area contributed by atoms with Crippen molar-refractivity contribution < 1.29 is 55.6 Å². The first-order valence-corrected chi connectivity index (χ1v) is 11.7. The number of aliphatic hydroxyl groups excluding tert-OH is 1. The third kappa shape index (κ3) is 15.4. The van der Waals surface area contributed by atoms with Crippen molar-refractivity contribution in [2.45, 2.75) is 123 Å². The largest absolute Gasteiger partial charge is 1.00 e. The summed E-state index contributed by atoms with van der Waals surface area (Å²) in [6.45, 7) is 3.58. The smallest absolute Gasteiger partial charge is 1.00 e. The van der Waals surface area contributed by atoms with Crippen LogP contribution in [-0.4, -0.2) is 45.5 Å². The molecule has 0 aliphatic heterocycles. The summed E-state index contributed by atoms with van der Waals surface area (Å²) in [5.41, 5.74) is 0. The monoisotopic (exact) mass is 437 g/mol. The molecule has 30 heavy (non-hydrogen) atoms. The molecule has 0 aromatic heterocycles. The summed E-state index contributed by atoms with van der Waals surface area (Å²) in [4.78, 5) is 37.4. The first-order chi connectivity index (χ1) is 14.0. The van der Waals surface area contributed by atoms with Crippen LogP contribution in [-0.2, 0) is 14.4 Å². The zero-order chi connectivity index (χ0) is 21.9. The van der Waals surface area contributed by atoms with Crippen LogP contribution in [0, 0.1) is 0 Å². The first kappa shape index (κ1) is 31.8. The number of imide groups is 1. The Balaban J connectivity index is -0.00000392. The van der Waals surface area contributed by atoms with Crippen molar-refractivity contribution in [2.24, 2.45) is 0 Å². The molecule has 0 heterocycles. The van der Waals surface area contributed by atoms with E-state index in [1.807, 2.05) is 0 Å². The van der Waals surface area contributed by atoms with Crippen molar-refractivity contribution in [2.75, 3.05) is 6.61 Å². The number of aliphatic hydroxyl groups is 1. The van der Waals surface area contributed by atoms with Gasteiger partial charge >= 0.3 is 35.5 Å². The van der Waals surface area contributed by atoms with E-state index in [0.29, 0.717) is 12.8 Å². The standard InChI is InChI=1S/C23H43NO5.Na.H/c1-3-5-7-9-11-13-15-17-21(26)24(20(19-25)23(28)29)22(27)18-16-14-12-10-8-6-4-2;;/h20,25H,3-19H2,1-2H3,(H,28,29);;/q;+1;-1/t20-;;/m0../s1. The van der Waals surface area contributed by atoms with Gasteiger partial charge in [0.25, 0.3) is 0 Å². The molecule has 7 heteroatoms. The van der Waals surface area contributed by atoms with E-state index < -0.39 is 30.4 Å². The number of nitrogens with zero attached hydrogens (tertiary/aromatic N) is 1. The Morgan fingerprint density at radius 2 is 1.03 bits per heavy atom. The van der Waals surface area contributed by atoms with E-state index in [0.717, 1.165) is 43.4 Å². The first-order valence-electron chi connectivity index (χ1n) is 11.7. The van der Waals surface area contributed by atoms with E-state index >= 15 is 0 Å². The molecule has 0 aromatic rings. The summed E-state index contributed by atoms with van der Waals surface area (Å²) in [5.74, 6) is -2.30. The molecule has 0 aromatic carbocycles. The van der Waals surface area contributed by atoms with Gasteiger partial charge in [-0.2, -0.15) is 0 Å². The average Bonchev–Trinajstić information content (AvgIpc) is 2.69. The van der Waals surface area contributed by atoms with E-state index in [2.05, 4.69) is 13.8 Å². The van der Waals surface area contributed by atoms with Crippen LogP contribution in [0.5, 0.6) is 0 Å². The van der Waals surface area contributed by atoms with Gasteiger partial charge in [-0.3, -0.25) is 14.5 Å². The van der Waals surface area contributed by atoms with Gasteiger partial charge in [-0.1, -0.05) is 90.9 Å². The molecule has 6 nitrogen and oxygen atoms in total. The van der Waals surface area contributed by atoms with Crippen molar-refractivity contribution in [3.05, 3.63) is 0 Å². The molecule has 0 unspecified atom stereocenters. The summed E-state index contributed by atoms with van der Waals surface area (Å²) in [5, 5.41) is 18.7. The SMILES string of the molecule is CCCCCCCCCC(=O)N(C(=O)CCCCCCCCC)[C@@H](CO)C(=O)O.[H-].[Na+]. The van der Waals surface area contributed by atoms with Crippen LogP contribution >= 0.6 is 0 Å². The second-order valence-corrected chi connectivity index (χ2v) is 7.94. The normalized spacial score (nSPS) is 11.6. The molecule has 2 amide bonds. The van der Waals surface area contributed by atoms with Gasteiger partial charge in [0.1, 0.15) is 0 Å². The van der Waals surface area contributed by atoms with Crippen molar-refractivity contribution in [3.63, 3.8) is 0 Å². The molecule has 0 bridgehead atoms. The van der Waals surface area contributed by atoms with Gasteiger partial charge < -0.3 is 11.6 Å². The molecular weight excluding hydrogens is 393 g/mol. The Labute approximate surface area is 206 Å². The number of hydrogen-bond donors (Lipinski definition) is 2. The number of carboxylic acids is 1. The van der Waals surface area contributed by atoms with Crippen molar-refractivity contribution in [1.29, 1.82) is 0 Å².